The van der Waals surface area contributed by atoms with E-state index in [0.717, 1.165) is 61.2 Å². The van der Waals surface area contributed by atoms with Crippen LogP contribution in [0.5, 0.6) is 0 Å². The zero-order valence-corrected chi connectivity index (χ0v) is 21.5. The Hall–Kier alpha value is 0.250. The predicted molar refractivity (Wildman–Crippen MR) is 130 cm³/mol. The second-order valence-corrected chi connectivity index (χ2v) is 14.1. The molecule has 5 rings (SSSR count). The molecule has 0 aromatic rings. The van der Waals surface area contributed by atoms with Crippen LogP contribution in [-0.4, -0.2) is 10.1 Å². The van der Waals surface area contributed by atoms with E-state index >= 15 is 0 Å². The summed E-state index contributed by atoms with van der Waals surface area (Å²) in [7, 11) is 0. The van der Waals surface area contributed by atoms with Crippen molar-refractivity contribution in [3.63, 3.8) is 0 Å². The van der Waals surface area contributed by atoms with Crippen LogP contribution in [0.1, 0.15) is 117 Å². The summed E-state index contributed by atoms with van der Waals surface area (Å²) in [6.45, 7) is 4.80. The number of Topliss-reactive ketones (excluding diaryl/α,β-unsaturated/α-hetero) is 1. The van der Waals surface area contributed by atoms with Crippen LogP contribution in [0.15, 0.2) is 0 Å². The molecule has 31 heavy (non-hydrogen) atoms. The summed E-state index contributed by atoms with van der Waals surface area (Å²) in [4.78, 5) is 13.8. The third-order valence-electron chi connectivity index (χ3n) is 11.3. The molecular formula is C28H44Cl2O. The molecular weight excluding hydrogens is 423 g/mol. The largest absolute Gasteiger partial charge is 0.298 e. The van der Waals surface area contributed by atoms with E-state index < -0.39 is 15.2 Å². The average Bonchev–Trinajstić information content (AvgIpc) is 2.79. The first-order chi connectivity index (χ1) is 14.8. The maximum Gasteiger partial charge on any atom is 0.151 e. The van der Waals surface area contributed by atoms with Crippen molar-refractivity contribution >= 4 is 29.0 Å². The van der Waals surface area contributed by atoms with E-state index in [2.05, 4.69) is 13.8 Å². The van der Waals surface area contributed by atoms with Gasteiger partial charge in [0.25, 0.3) is 0 Å². The van der Waals surface area contributed by atoms with Crippen LogP contribution in [0.3, 0.4) is 0 Å². The monoisotopic (exact) mass is 466 g/mol. The van der Waals surface area contributed by atoms with E-state index in [1.54, 1.807) is 0 Å². The van der Waals surface area contributed by atoms with Crippen molar-refractivity contribution in [2.24, 2.45) is 46.3 Å². The topological polar surface area (TPSA) is 17.1 Å². The maximum absolute atomic E-state index is 13.8. The molecule has 0 saturated heterocycles. The van der Waals surface area contributed by atoms with Gasteiger partial charge >= 0.3 is 0 Å². The highest BCUT2D eigenvalue weighted by Crippen LogP contribution is 2.75. The molecule has 5 aliphatic carbocycles. The first-order valence-electron chi connectivity index (χ1n) is 13.7. The smallest absolute Gasteiger partial charge is 0.151 e. The van der Waals surface area contributed by atoms with Crippen molar-refractivity contribution in [2.45, 2.75) is 121 Å². The van der Waals surface area contributed by atoms with Gasteiger partial charge in [0, 0.05) is 0 Å². The van der Waals surface area contributed by atoms with Crippen molar-refractivity contribution in [1.29, 1.82) is 0 Å². The van der Waals surface area contributed by atoms with Gasteiger partial charge in [-0.05, 0) is 113 Å². The van der Waals surface area contributed by atoms with Gasteiger partial charge in [-0.2, -0.15) is 0 Å². The summed E-state index contributed by atoms with van der Waals surface area (Å²) in [6.07, 6.45) is 19.6. The van der Waals surface area contributed by atoms with Crippen molar-refractivity contribution in [2.75, 3.05) is 0 Å². The van der Waals surface area contributed by atoms with Crippen molar-refractivity contribution in [1.82, 2.24) is 0 Å². The van der Waals surface area contributed by atoms with Gasteiger partial charge < -0.3 is 0 Å². The minimum absolute atomic E-state index is 0.429. The molecule has 0 heterocycles. The maximum atomic E-state index is 13.8. The Morgan fingerprint density at radius 3 is 1.13 bits per heavy atom. The van der Waals surface area contributed by atoms with Crippen LogP contribution in [0.4, 0.5) is 0 Å². The fourth-order valence-corrected chi connectivity index (χ4v) is 10.0. The summed E-state index contributed by atoms with van der Waals surface area (Å²) in [5, 5.41) is 0. The Morgan fingerprint density at radius 2 is 0.839 bits per heavy atom. The molecule has 176 valence electrons. The van der Waals surface area contributed by atoms with Gasteiger partial charge in [-0.3, -0.25) is 4.79 Å². The summed E-state index contributed by atoms with van der Waals surface area (Å²) in [5.41, 5.74) is -0.858. The Balaban J connectivity index is 1.20. The Bertz CT molecular complexity index is 598. The molecule has 0 unspecified atom stereocenters. The van der Waals surface area contributed by atoms with Crippen molar-refractivity contribution in [3.05, 3.63) is 0 Å². The quantitative estimate of drug-likeness (QED) is 0.371. The minimum atomic E-state index is -0.824. The van der Waals surface area contributed by atoms with Crippen molar-refractivity contribution < 1.29 is 4.79 Å². The van der Waals surface area contributed by atoms with E-state index in [9.17, 15) is 4.79 Å². The second-order valence-electron chi connectivity index (χ2n) is 12.8. The standard InChI is InChI=1S/C28H44Cl2O/c1-19-3-7-21(8-4-19)23-11-15-26(16-12-23)25(31)27(28(26,29)30)17-13-24(14-18-27)22-9-5-20(2)6-10-22/h19-24H,3-18H2,1-2H3/t19-,20-,21-,22-,23?,24?,26?,27?. The lowest BCUT2D eigenvalue weighted by Gasteiger charge is -2.67. The van der Waals surface area contributed by atoms with Crippen LogP contribution in [0.2, 0.25) is 0 Å². The van der Waals surface area contributed by atoms with E-state index in [4.69, 9.17) is 23.2 Å². The minimum Gasteiger partial charge on any atom is -0.298 e. The van der Waals surface area contributed by atoms with Gasteiger partial charge in [0.2, 0.25) is 0 Å². The highest BCUT2D eigenvalue weighted by atomic mass is 35.5. The third-order valence-corrected chi connectivity index (χ3v) is 12.7. The molecule has 0 N–H and O–H groups in total. The number of hydrogen-bond donors (Lipinski definition) is 0. The van der Waals surface area contributed by atoms with E-state index in [-0.39, 0.29) is 0 Å². The van der Waals surface area contributed by atoms with E-state index in [0.29, 0.717) is 5.78 Å². The lowest BCUT2D eigenvalue weighted by atomic mass is 9.41. The van der Waals surface area contributed by atoms with Crippen LogP contribution < -0.4 is 0 Å². The molecule has 1 nitrogen and oxygen atoms in total. The molecule has 0 radical (unpaired) electrons. The third kappa shape index (κ3) is 3.57. The number of rotatable bonds is 2. The van der Waals surface area contributed by atoms with Crippen LogP contribution in [0.25, 0.3) is 0 Å². The number of hydrogen-bond acceptors (Lipinski definition) is 1. The predicted octanol–water partition coefficient (Wildman–Crippen LogP) is 8.75. The molecule has 0 atom stereocenters. The number of carbonyl (C=O) groups is 1. The fraction of sp³-hybridized carbons (Fsp3) is 0.964. The average molecular weight is 468 g/mol. The molecule has 5 aliphatic rings. The van der Waals surface area contributed by atoms with Crippen LogP contribution in [-0.2, 0) is 4.79 Å². The molecule has 2 spiro atoms. The summed E-state index contributed by atoms with van der Waals surface area (Å²) in [5.74, 6) is 5.65. The lowest BCUT2D eigenvalue weighted by Crippen LogP contribution is -2.74. The van der Waals surface area contributed by atoms with Gasteiger partial charge in [-0.25, -0.2) is 0 Å². The normalized spacial score (nSPS) is 50.4. The lowest BCUT2D eigenvalue weighted by molar-refractivity contribution is -0.173. The molecule has 5 fully saturated rings. The molecule has 0 amide bonds. The Labute approximate surface area is 200 Å². The zero-order chi connectivity index (χ0) is 21.9. The van der Waals surface area contributed by atoms with Gasteiger partial charge in [-0.15, -0.1) is 0 Å². The highest BCUT2D eigenvalue weighted by molar-refractivity contribution is 6.55. The van der Waals surface area contributed by atoms with Gasteiger partial charge in [0.1, 0.15) is 4.33 Å². The van der Waals surface area contributed by atoms with E-state index in [1.807, 2.05) is 0 Å². The number of carbonyl (C=O) groups excluding carboxylic acids is 1. The molecule has 0 aliphatic heterocycles. The molecule has 3 heteroatoms. The Morgan fingerprint density at radius 1 is 0.548 bits per heavy atom. The first kappa shape index (κ1) is 23.0. The van der Waals surface area contributed by atoms with Crippen LogP contribution >= 0.6 is 23.2 Å². The Kier molecular flexibility index (Phi) is 6.29. The van der Waals surface area contributed by atoms with Crippen LogP contribution in [0, 0.1) is 46.3 Å². The number of alkyl halides is 2. The molecule has 0 aromatic carbocycles. The zero-order valence-electron chi connectivity index (χ0n) is 19.9. The molecule has 0 bridgehead atoms. The second kappa shape index (κ2) is 8.48. The summed E-state index contributed by atoms with van der Waals surface area (Å²) in [6, 6.07) is 0. The van der Waals surface area contributed by atoms with Gasteiger partial charge in [-0.1, -0.05) is 62.7 Å². The van der Waals surface area contributed by atoms with Gasteiger partial charge in [0.05, 0.1) is 10.8 Å². The highest BCUT2D eigenvalue weighted by Gasteiger charge is 2.79. The van der Waals surface area contributed by atoms with E-state index in [1.165, 1.54) is 77.0 Å². The number of ketones is 1. The van der Waals surface area contributed by atoms with Crippen molar-refractivity contribution in [3.8, 4) is 0 Å². The number of halogens is 2. The first-order valence-corrected chi connectivity index (χ1v) is 14.5. The molecule has 5 saturated carbocycles. The van der Waals surface area contributed by atoms with Gasteiger partial charge in [0.15, 0.2) is 5.78 Å². The molecule has 0 aromatic heterocycles. The summed E-state index contributed by atoms with van der Waals surface area (Å²) >= 11 is 14.4. The fourth-order valence-electron chi connectivity index (χ4n) is 8.94. The summed E-state index contributed by atoms with van der Waals surface area (Å²) < 4.78 is -0.824. The SMILES string of the molecule is C[C@H]1CC[C@H](C2CCC3(CC2)C(=O)C2(CCC([C@H]4CC[C@H](C)CC4)CC2)C3(Cl)Cl)CC1.